The maximum Gasteiger partial charge on any atom is 0.259 e. The van der Waals surface area contributed by atoms with Crippen molar-refractivity contribution in [3.8, 4) is 16.9 Å². The molecule has 4 aromatic rings. The number of nitrogens with one attached hydrogen (secondary N) is 2. The summed E-state index contributed by atoms with van der Waals surface area (Å²) in [6.45, 7) is 0. The molecule has 0 fully saturated rings. The van der Waals surface area contributed by atoms with Gasteiger partial charge in [-0.1, -0.05) is 54.6 Å². The highest BCUT2D eigenvalue weighted by Crippen LogP contribution is 2.25. The number of carbonyl (C=O) groups is 1. The van der Waals surface area contributed by atoms with Crippen LogP contribution in [0.15, 0.2) is 91.1 Å². The van der Waals surface area contributed by atoms with E-state index in [1.165, 1.54) is 0 Å². The van der Waals surface area contributed by atoms with Crippen molar-refractivity contribution in [1.82, 2.24) is 9.78 Å². The first-order valence-corrected chi connectivity index (χ1v) is 11.4. The Balaban J connectivity index is 1.69. The second kappa shape index (κ2) is 8.45. The van der Waals surface area contributed by atoms with E-state index >= 15 is 0 Å². The molecule has 0 spiro atoms. The molecule has 0 unspecified atom stereocenters. The topological polar surface area (TPSA) is 93.1 Å². The van der Waals surface area contributed by atoms with Gasteiger partial charge in [-0.25, -0.2) is 13.1 Å². The minimum absolute atomic E-state index is 0.350. The fourth-order valence-electron chi connectivity index (χ4n) is 3.14. The van der Waals surface area contributed by atoms with Crippen molar-refractivity contribution in [2.24, 2.45) is 0 Å². The number of sulfonamides is 1. The van der Waals surface area contributed by atoms with Crippen LogP contribution < -0.4 is 10.0 Å². The smallest absolute Gasteiger partial charge is 0.259 e. The van der Waals surface area contributed by atoms with Gasteiger partial charge in [-0.2, -0.15) is 5.10 Å². The quantitative estimate of drug-likeness (QED) is 0.478. The summed E-state index contributed by atoms with van der Waals surface area (Å²) in [4.78, 5) is 13.1. The summed E-state index contributed by atoms with van der Waals surface area (Å²) in [5, 5.41) is 7.48. The fraction of sp³-hybridized carbons (Fsp3) is 0.0435. The normalized spacial score (nSPS) is 11.1. The van der Waals surface area contributed by atoms with Gasteiger partial charge in [0.25, 0.3) is 5.91 Å². The van der Waals surface area contributed by atoms with Gasteiger partial charge < -0.3 is 5.32 Å². The summed E-state index contributed by atoms with van der Waals surface area (Å²) in [5.74, 6) is -0.350. The van der Waals surface area contributed by atoms with Crippen LogP contribution in [-0.4, -0.2) is 30.4 Å². The Labute approximate surface area is 180 Å². The molecule has 0 bridgehead atoms. The molecule has 0 atom stereocenters. The maximum atomic E-state index is 13.1. The Kier molecular flexibility index (Phi) is 5.55. The lowest BCUT2D eigenvalue weighted by Gasteiger charge is -2.08. The van der Waals surface area contributed by atoms with E-state index in [0.29, 0.717) is 22.6 Å². The SMILES string of the molecule is CS(=O)(=O)Nc1cccc(NC(=O)c2cn(-c3ccccc3)nc2-c2ccccc2)c1. The molecule has 0 saturated heterocycles. The highest BCUT2D eigenvalue weighted by Gasteiger charge is 2.19. The van der Waals surface area contributed by atoms with Gasteiger partial charge in [0.15, 0.2) is 0 Å². The molecular weight excluding hydrogens is 412 g/mol. The monoisotopic (exact) mass is 432 g/mol. The average molecular weight is 433 g/mol. The first-order chi connectivity index (χ1) is 14.9. The van der Waals surface area contributed by atoms with Crippen LogP contribution in [0.1, 0.15) is 10.4 Å². The molecule has 3 aromatic carbocycles. The van der Waals surface area contributed by atoms with E-state index in [4.69, 9.17) is 0 Å². The van der Waals surface area contributed by atoms with Crippen LogP contribution in [0.3, 0.4) is 0 Å². The number of anilines is 2. The highest BCUT2D eigenvalue weighted by molar-refractivity contribution is 7.92. The first kappa shape index (κ1) is 20.4. The number of aromatic nitrogens is 2. The third-order valence-electron chi connectivity index (χ3n) is 4.45. The number of amides is 1. The predicted molar refractivity (Wildman–Crippen MR) is 122 cm³/mol. The van der Waals surface area contributed by atoms with Gasteiger partial charge in [-0.05, 0) is 30.3 Å². The second-order valence-corrected chi connectivity index (χ2v) is 8.70. The minimum Gasteiger partial charge on any atom is -0.322 e. The van der Waals surface area contributed by atoms with Crippen molar-refractivity contribution in [2.45, 2.75) is 0 Å². The molecule has 1 amide bonds. The van der Waals surface area contributed by atoms with Gasteiger partial charge in [0.1, 0.15) is 5.69 Å². The molecule has 0 aliphatic carbocycles. The Morgan fingerprint density at radius 2 is 1.52 bits per heavy atom. The predicted octanol–water partition coefficient (Wildman–Crippen LogP) is 4.16. The Morgan fingerprint density at radius 3 is 2.19 bits per heavy atom. The lowest BCUT2D eigenvalue weighted by Crippen LogP contribution is -2.13. The number of benzene rings is 3. The van der Waals surface area contributed by atoms with Gasteiger partial charge >= 0.3 is 0 Å². The van der Waals surface area contributed by atoms with E-state index in [-0.39, 0.29) is 5.91 Å². The van der Waals surface area contributed by atoms with Crippen molar-refractivity contribution in [1.29, 1.82) is 0 Å². The molecule has 156 valence electrons. The Bertz CT molecular complexity index is 1320. The van der Waals surface area contributed by atoms with E-state index in [0.717, 1.165) is 17.5 Å². The summed E-state index contributed by atoms with van der Waals surface area (Å²) >= 11 is 0. The molecule has 1 aromatic heterocycles. The molecule has 8 heteroatoms. The average Bonchev–Trinajstić information content (AvgIpc) is 3.20. The molecule has 0 aliphatic rings. The molecule has 2 N–H and O–H groups in total. The van der Waals surface area contributed by atoms with Crippen molar-refractivity contribution >= 4 is 27.3 Å². The number of para-hydroxylation sites is 1. The molecule has 31 heavy (non-hydrogen) atoms. The maximum absolute atomic E-state index is 13.1. The van der Waals surface area contributed by atoms with Crippen LogP contribution in [0.5, 0.6) is 0 Å². The number of rotatable bonds is 6. The molecular formula is C23H20N4O3S. The molecule has 7 nitrogen and oxygen atoms in total. The summed E-state index contributed by atoms with van der Waals surface area (Å²) in [6.07, 6.45) is 2.76. The van der Waals surface area contributed by atoms with Crippen LogP contribution in [0, 0.1) is 0 Å². The standard InChI is InChI=1S/C23H20N4O3S/c1-31(29,30)26-19-12-8-11-18(15-19)24-23(28)21-16-27(20-13-6-3-7-14-20)25-22(21)17-9-4-2-5-10-17/h2-16,26H,1H3,(H,24,28). The minimum atomic E-state index is -3.42. The zero-order valence-electron chi connectivity index (χ0n) is 16.7. The Hall–Kier alpha value is -3.91. The summed E-state index contributed by atoms with van der Waals surface area (Å²) in [6, 6.07) is 25.5. The van der Waals surface area contributed by atoms with Crippen molar-refractivity contribution in [3.05, 3.63) is 96.7 Å². The molecule has 4 rings (SSSR count). The summed E-state index contributed by atoms with van der Waals surface area (Å²) < 4.78 is 27.0. The highest BCUT2D eigenvalue weighted by atomic mass is 32.2. The van der Waals surface area contributed by atoms with Crippen LogP contribution >= 0.6 is 0 Å². The third-order valence-corrected chi connectivity index (χ3v) is 5.06. The van der Waals surface area contributed by atoms with E-state index in [1.807, 2.05) is 60.7 Å². The van der Waals surface area contributed by atoms with E-state index in [1.54, 1.807) is 35.1 Å². The van der Waals surface area contributed by atoms with Crippen LogP contribution in [0.2, 0.25) is 0 Å². The lowest BCUT2D eigenvalue weighted by molar-refractivity contribution is 0.102. The fourth-order valence-corrected chi connectivity index (χ4v) is 3.69. The first-order valence-electron chi connectivity index (χ1n) is 9.49. The summed E-state index contributed by atoms with van der Waals surface area (Å²) in [7, 11) is -3.42. The number of hydrogen-bond acceptors (Lipinski definition) is 4. The van der Waals surface area contributed by atoms with Gasteiger partial charge in [-0.3, -0.25) is 9.52 Å². The van der Waals surface area contributed by atoms with Crippen molar-refractivity contribution in [3.63, 3.8) is 0 Å². The third kappa shape index (κ3) is 4.99. The summed E-state index contributed by atoms with van der Waals surface area (Å²) in [5.41, 5.74) is 3.42. The van der Waals surface area contributed by atoms with Crippen LogP contribution in [0.25, 0.3) is 16.9 Å². The van der Waals surface area contributed by atoms with Crippen molar-refractivity contribution < 1.29 is 13.2 Å². The van der Waals surface area contributed by atoms with E-state index < -0.39 is 10.0 Å². The van der Waals surface area contributed by atoms with Gasteiger partial charge in [0.2, 0.25) is 10.0 Å². The molecule has 0 radical (unpaired) electrons. The van der Waals surface area contributed by atoms with E-state index in [9.17, 15) is 13.2 Å². The number of carbonyl (C=O) groups excluding carboxylic acids is 1. The largest absolute Gasteiger partial charge is 0.322 e. The molecule has 0 saturated carbocycles. The van der Waals surface area contributed by atoms with Gasteiger partial charge in [0, 0.05) is 17.4 Å². The van der Waals surface area contributed by atoms with Crippen molar-refractivity contribution in [2.75, 3.05) is 16.3 Å². The van der Waals surface area contributed by atoms with Crippen LogP contribution in [-0.2, 0) is 10.0 Å². The lowest BCUT2D eigenvalue weighted by atomic mass is 10.1. The molecule has 1 heterocycles. The Morgan fingerprint density at radius 1 is 0.871 bits per heavy atom. The zero-order chi connectivity index (χ0) is 21.8. The number of nitrogens with zero attached hydrogens (tertiary/aromatic N) is 2. The second-order valence-electron chi connectivity index (χ2n) is 6.95. The van der Waals surface area contributed by atoms with E-state index in [2.05, 4.69) is 15.1 Å². The zero-order valence-corrected chi connectivity index (χ0v) is 17.5. The number of hydrogen-bond donors (Lipinski definition) is 2. The van der Waals surface area contributed by atoms with Gasteiger partial charge in [-0.15, -0.1) is 0 Å². The van der Waals surface area contributed by atoms with Crippen LogP contribution in [0.4, 0.5) is 11.4 Å². The van der Waals surface area contributed by atoms with Gasteiger partial charge in [0.05, 0.1) is 23.2 Å². The molecule has 0 aliphatic heterocycles.